The summed E-state index contributed by atoms with van der Waals surface area (Å²) >= 11 is 0. The summed E-state index contributed by atoms with van der Waals surface area (Å²) in [6, 6.07) is 5.44. The van der Waals surface area contributed by atoms with Gasteiger partial charge in [-0.1, -0.05) is 12.1 Å². The van der Waals surface area contributed by atoms with Gasteiger partial charge in [0.05, 0.1) is 5.75 Å². The average molecular weight is 279 g/mol. The fourth-order valence-corrected chi connectivity index (χ4v) is 2.22. The van der Waals surface area contributed by atoms with Gasteiger partial charge in [-0.2, -0.15) is 8.78 Å². The Bertz CT molecular complexity index is 491. The van der Waals surface area contributed by atoms with Crippen LogP contribution >= 0.6 is 0 Å². The van der Waals surface area contributed by atoms with Crippen LogP contribution in [-0.4, -0.2) is 20.8 Å². The lowest BCUT2D eigenvalue weighted by molar-refractivity contribution is -0.0499. The SMILES string of the molecule is CCS(=O)(=O)NC(C)c1cccc(OC(F)F)c1. The van der Waals surface area contributed by atoms with E-state index >= 15 is 0 Å². The summed E-state index contributed by atoms with van der Waals surface area (Å²) in [7, 11) is -3.34. The van der Waals surface area contributed by atoms with E-state index in [1.54, 1.807) is 13.0 Å². The average Bonchev–Trinajstić information content (AvgIpc) is 2.28. The molecule has 4 nitrogen and oxygen atoms in total. The van der Waals surface area contributed by atoms with E-state index < -0.39 is 22.7 Å². The van der Waals surface area contributed by atoms with Crippen molar-refractivity contribution < 1.29 is 21.9 Å². The Kier molecular flexibility index (Phi) is 5.03. The van der Waals surface area contributed by atoms with Crippen LogP contribution in [0.5, 0.6) is 5.75 Å². The third-order valence-corrected chi connectivity index (χ3v) is 3.79. The maximum Gasteiger partial charge on any atom is 0.387 e. The van der Waals surface area contributed by atoms with Gasteiger partial charge in [-0.25, -0.2) is 13.1 Å². The number of hydrogen-bond acceptors (Lipinski definition) is 3. The predicted molar refractivity (Wildman–Crippen MR) is 64.1 cm³/mol. The maximum absolute atomic E-state index is 12.0. The number of halogens is 2. The molecule has 0 bridgehead atoms. The molecule has 1 unspecified atom stereocenters. The summed E-state index contributed by atoms with van der Waals surface area (Å²) in [6.45, 7) is 0.253. The van der Waals surface area contributed by atoms with Crippen LogP contribution in [-0.2, 0) is 10.0 Å². The molecule has 1 atom stereocenters. The van der Waals surface area contributed by atoms with Crippen molar-refractivity contribution in [3.8, 4) is 5.75 Å². The molecule has 0 aromatic heterocycles. The van der Waals surface area contributed by atoms with Gasteiger partial charge in [0.25, 0.3) is 0 Å². The summed E-state index contributed by atoms with van der Waals surface area (Å²) in [5.74, 6) is -0.0325. The van der Waals surface area contributed by atoms with Crippen molar-refractivity contribution in [2.75, 3.05) is 5.75 Å². The molecule has 0 aliphatic rings. The highest BCUT2D eigenvalue weighted by atomic mass is 32.2. The van der Waals surface area contributed by atoms with E-state index in [9.17, 15) is 17.2 Å². The summed E-state index contributed by atoms with van der Waals surface area (Å²) < 4.78 is 53.5. The zero-order valence-corrected chi connectivity index (χ0v) is 10.9. The Labute approximate surface area is 105 Å². The highest BCUT2D eigenvalue weighted by molar-refractivity contribution is 7.89. The Morgan fingerprint density at radius 1 is 1.39 bits per heavy atom. The van der Waals surface area contributed by atoms with Gasteiger partial charge in [0.1, 0.15) is 5.75 Å². The number of sulfonamides is 1. The molecule has 0 fully saturated rings. The molecular formula is C11H15F2NO3S. The number of benzene rings is 1. The van der Waals surface area contributed by atoms with Crippen molar-refractivity contribution in [2.45, 2.75) is 26.5 Å². The molecule has 0 aliphatic carbocycles. The largest absolute Gasteiger partial charge is 0.435 e. The third-order valence-electron chi connectivity index (χ3n) is 2.32. The molecule has 1 aromatic carbocycles. The van der Waals surface area contributed by atoms with Crippen LogP contribution in [0.4, 0.5) is 8.78 Å². The zero-order chi connectivity index (χ0) is 13.8. The fraction of sp³-hybridized carbons (Fsp3) is 0.455. The maximum atomic E-state index is 12.0. The van der Waals surface area contributed by atoms with Gasteiger partial charge in [-0.05, 0) is 31.5 Å². The summed E-state index contributed by atoms with van der Waals surface area (Å²) in [4.78, 5) is 0. The first-order chi connectivity index (χ1) is 8.34. The van der Waals surface area contributed by atoms with Gasteiger partial charge >= 0.3 is 6.61 Å². The van der Waals surface area contributed by atoms with Crippen LogP contribution in [0.2, 0.25) is 0 Å². The lowest BCUT2D eigenvalue weighted by atomic mass is 10.1. The molecule has 0 amide bonds. The van der Waals surface area contributed by atoms with Crippen LogP contribution in [0, 0.1) is 0 Å². The van der Waals surface area contributed by atoms with E-state index in [-0.39, 0.29) is 11.5 Å². The standard InChI is InChI=1S/C11H15F2NO3S/c1-3-18(15,16)14-8(2)9-5-4-6-10(7-9)17-11(12)13/h4-8,11,14H,3H2,1-2H3. The number of ether oxygens (including phenoxy) is 1. The van der Waals surface area contributed by atoms with E-state index in [0.29, 0.717) is 5.56 Å². The Balaban J connectivity index is 2.83. The molecule has 102 valence electrons. The summed E-state index contributed by atoms with van der Waals surface area (Å²) in [5, 5.41) is 0. The second-order valence-electron chi connectivity index (χ2n) is 3.69. The molecule has 0 radical (unpaired) electrons. The van der Waals surface area contributed by atoms with E-state index in [4.69, 9.17) is 0 Å². The van der Waals surface area contributed by atoms with Gasteiger partial charge in [0.15, 0.2) is 0 Å². The molecule has 0 saturated heterocycles. The van der Waals surface area contributed by atoms with Crippen LogP contribution < -0.4 is 9.46 Å². The van der Waals surface area contributed by atoms with Crippen LogP contribution in [0.25, 0.3) is 0 Å². The first-order valence-electron chi connectivity index (χ1n) is 5.39. The van der Waals surface area contributed by atoms with Gasteiger partial charge < -0.3 is 4.74 Å². The number of hydrogen-bond donors (Lipinski definition) is 1. The molecule has 1 N–H and O–H groups in total. The van der Waals surface area contributed by atoms with Gasteiger partial charge in [0, 0.05) is 6.04 Å². The van der Waals surface area contributed by atoms with Crippen LogP contribution in [0.1, 0.15) is 25.5 Å². The molecule has 0 saturated carbocycles. The van der Waals surface area contributed by atoms with E-state index in [2.05, 4.69) is 9.46 Å². The molecular weight excluding hydrogens is 264 g/mol. The second kappa shape index (κ2) is 6.10. The molecule has 0 spiro atoms. The number of alkyl halides is 2. The minimum atomic E-state index is -3.34. The van der Waals surface area contributed by atoms with Crippen LogP contribution in [0.15, 0.2) is 24.3 Å². The normalized spacial score (nSPS) is 13.6. The van der Waals surface area contributed by atoms with E-state index in [0.717, 1.165) is 0 Å². The van der Waals surface area contributed by atoms with Gasteiger partial charge in [0.2, 0.25) is 10.0 Å². The molecule has 0 heterocycles. The summed E-state index contributed by atoms with van der Waals surface area (Å²) in [6.07, 6.45) is 0. The monoisotopic (exact) mass is 279 g/mol. The Hall–Kier alpha value is -1.21. The van der Waals surface area contributed by atoms with E-state index in [1.807, 2.05) is 0 Å². The molecule has 1 aromatic rings. The molecule has 7 heteroatoms. The lowest BCUT2D eigenvalue weighted by Gasteiger charge is -2.15. The second-order valence-corrected chi connectivity index (χ2v) is 5.74. The van der Waals surface area contributed by atoms with Gasteiger partial charge in [-0.15, -0.1) is 0 Å². The van der Waals surface area contributed by atoms with Crippen molar-refractivity contribution in [2.24, 2.45) is 0 Å². The summed E-state index contributed by atoms with van der Waals surface area (Å²) in [5.41, 5.74) is 0.560. The minimum Gasteiger partial charge on any atom is -0.435 e. The first kappa shape index (κ1) is 14.8. The van der Waals surface area contributed by atoms with Crippen molar-refractivity contribution in [3.05, 3.63) is 29.8 Å². The fourth-order valence-electron chi connectivity index (χ4n) is 1.38. The topological polar surface area (TPSA) is 55.4 Å². The highest BCUT2D eigenvalue weighted by Crippen LogP contribution is 2.21. The van der Waals surface area contributed by atoms with Crippen molar-refractivity contribution in [1.29, 1.82) is 0 Å². The number of rotatable bonds is 6. The molecule has 1 rings (SSSR count). The van der Waals surface area contributed by atoms with Crippen molar-refractivity contribution in [1.82, 2.24) is 4.72 Å². The smallest absolute Gasteiger partial charge is 0.387 e. The predicted octanol–water partition coefficient (Wildman–Crippen LogP) is 2.29. The quantitative estimate of drug-likeness (QED) is 0.869. The minimum absolute atomic E-state index is 0.00467. The zero-order valence-electron chi connectivity index (χ0n) is 10.1. The van der Waals surface area contributed by atoms with E-state index in [1.165, 1.54) is 25.1 Å². The third kappa shape index (κ3) is 4.58. The highest BCUT2D eigenvalue weighted by Gasteiger charge is 2.14. The Morgan fingerprint density at radius 2 is 2.06 bits per heavy atom. The van der Waals surface area contributed by atoms with Crippen LogP contribution in [0.3, 0.4) is 0 Å². The first-order valence-corrected chi connectivity index (χ1v) is 7.04. The lowest BCUT2D eigenvalue weighted by Crippen LogP contribution is -2.28. The number of nitrogens with one attached hydrogen (secondary N) is 1. The van der Waals surface area contributed by atoms with Gasteiger partial charge in [-0.3, -0.25) is 0 Å². The van der Waals surface area contributed by atoms with Crippen molar-refractivity contribution in [3.63, 3.8) is 0 Å². The Morgan fingerprint density at radius 3 is 2.61 bits per heavy atom. The molecule has 0 aliphatic heterocycles. The van der Waals surface area contributed by atoms with Crippen molar-refractivity contribution >= 4 is 10.0 Å². The molecule has 18 heavy (non-hydrogen) atoms.